The SMILES string of the molecule is O=S(=O)(NCCN1CCOCC1)c1ccc2c(c1)CCC2. The van der Waals surface area contributed by atoms with E-state index in [-0.39, 0.29) is 0 Å². The minimum atomic E-state index is -3.39. The molecule has 1 heterocycles. The van der Waals surface area contributed by atoms with Crippen LogP contribution in [0.3, 0.4) is 0 Å². The summed E-state index contributed by atoms with van der Waals surface area (Å²) in [7, 11) is -3.39. The number of ether oxygens (including phenoxy) is 1. The van der Waals surface area contributed by atoms with Crippen molar-refractivity contribution in [3.8, 4) is 0 Å². The maximum atomic E-state index is 12.3. The summed E-state index contributed by atoms with van der Waals surface area (Å²) in [5, 5.41) is 0. The Hall–Kier alpha value is -0.950. The molecule has 1 saturated heterocycles. The van der Waals surface area contributed by atoms with Crippen molar-refractivity contribution >= 4 is 10.0 Å². The molecule has 116 valence electrons. The van der Waals surface area contributed by atoms with Gasteiger partial charge in [0.2, 0.25) is 10.0 Å². The molecule has 0 unspecified atom stereocenters. The first kappa shape index (κ1) is 15.0. The van der Waals surface area contributed by atoms with Crippen LogP contribution in [0.4, 0.5) is 0 Å². The Labute approximate surface area is 126 Å². The average molecular weight is 310 g/mol. The predicted octanol–water partition coefficient (Wildman–Crippen LogP) is 0.786. The Morgan fingerprint density at radius 1 is 1.14 bits per heavy atom. The minimum Gasteiger partial charge on any atom is -0.379 e. The van der Waals surface area contributed by atoms with Crippen LogP contribution in [0.1, 0.15) is 17.5 Å². The zero-order valence-electron chi connectivity index (χ0n) is 12.2. The molecule has 3 rings (SSSR count). The van der Waals surface area contributed by atoms with Crippen LogP contribution in [0.2, 0.25) is 0 Å². The Balaban J connectivity index is 1.58. The van der Waals surface area contributed by atoms with Gasteiger partial charge in [-0.3, -0.25) is 4.90 Å². The number of benzene rings is 1. The number of fused-ring (bicyclic) bond motifs is 1. The highest BCUT2D eigenvalue weighted by Gasteiger charge is 2.18. The fourth-order valence-corrected chi connectivity index (χ4v) is 4.03. The van der Waals surface area contributed by atoms with E-state index < -0.39 is 10.0 Å². The Morgan fingerprint density at radius 3 is 2.71 bits per heavy atom. The lowest BCUT2D eigenvalue weighted by atomic mass is 10.1. The summed E-state index contributed by atoms with van der Waals surface area (Å²) in [5.74, 6) is 0. The van der Waals surface area contributed by atoms with Gasteiger partial charge in [-0.1, -0.05) is 6.07 Å². The molecule has 0 atom stereocenters. The predicted molar refractivity (Wildman–Crippen MR) is 80.9 cm³/mol. The minimum absolute atomic E-state index is 0.394. The molecule has 0 aromatic heterocycles. The average Bonchev–Trinajstić information content (AvgIpc) is 2.95. The molecule has 1 aliphatic carbocycles. The summed E-state index contributed by atoms with van der Waals surface area (Å²) in [5.41, 5.74) is 2.48. The second-order valence-corrected chi connectivity index (χ2v) is 7.40. The van der Waals surface area contributed by atoms with E-state index >= 15 is 0 Å². The maximum Gasteiger partial charge on any atom is 0.240 e. The zero-order valence-corrected chi connectivity index (χ0v) is 13.0. The topological polar surface area (TPSA) is 58.6 Å². The van der Waals surface area contributed by atoms with Crippen LogP contribution < -0.4 is 4.72 Å². The van der Waals surface area contributed by atoms with Crippen LogP contribution in [0.15, 0.2) is 23.1 Å². The van der Waals surface area contributed by atoms with Crippen LogP contribution in [0.5, 0.6) is 0 Å². The number of sulfonamides is 1. The van der Waals surface area contributed by atoms with Gasteiger partial charge in [-0.15, -0.1) is 0 Å². The van der Waals surface area contributed by atoms with Crippen LogP contribution in [0.25, 0.3) is 0 Å². The van der Waals surface area contributed by atoms with Crippen molar-refractivity contribution in [1.82, 2.24) is 9.62 Å². The quantitative estimate of drug-likeness (QED) is 0.873. The number of hydrogen-bond donors (Lipinski definition) is 1. The second-order valence-electron chi connectivity index (χ2n) is 5.64. The molecule has 21 heavy (non-hydrogen) atoms. The lowest BCUT2D eigenvalue weighted by Crippen LogP contribution is -2.41. The molecule has 0 amide bonds. The van der Waals surface area contributed by atoms with Gasteiger partial charge in [0, 0.05) is 26.2 Å². The van der Waals surface area contributed by atoms with Crippen molar-refractivity contribution in [2.75, 3.05) is 39.4 Å². The summed E-state index contributed by atoms with van der Waals surface area (Å²) < 4.78 is 32.6. The molecule has 1 fully saturated rings. The molecule has 1 aromatic rings. The normalized spacial score (nSPS) is 19.6. The molecular weight excluding hydrogens is 288 g/mol. The summed E-state index contributed by atoms with van der Waals surface area (Å²) in [6, 6.07) is 5.51. The van der Waals surface area contributed by atoms with Gasteiger partial charge in [-0.2, -0.15) is 0 Å². The first-order chi connectivity index (χ1) is 10.1. The first-order valence-corrected chi connectivity index (χ1v) is 9.05. The molecule has 1 N–H and O–H groups in total. The smallest absolute Gasteiger partial charge is 0.240 e. The van der Waals surface area contributed by atoms with E-state index in [1.165, 1.54) is 11.1 Å². The van der Waals surface area contributed by atoms with Gasteiger partial charge in [-0.05, 0) is 42.5 Å². The van der Waals surface area contributed by atoms with Gasteiger partial charge in [-0.25, -0.2) is 13.1 Å². The third-order valence-electron chi connectivity index (χ3n) is 4.20. The van der Waals surface area contributed by atoms with Gasteiger partial charge < -0.3 is 4.74 Å². The van der Waals surface area contributed by atoms with Gasteiger partial charge >= 0.3 is 0 Å². The largest absolute Gasteiger partial charge is 0.379 e. The monoisotopic (exact) mass is 310 g/mol. The molecular formula is C15H22N2O3S. The third-order valence-corrected chi connectivity index (χ3v) is 5.66. The molecule has 0 radical (unpaired) electrons. The number of morpholine rings is 1. The molecule has 1 aromatic carbocycles. The van der Waals surface area contributed by atoms with E-state index in [1.807, 2.05) is 12.1 Å². The summed E-state index contributed by atoms with van der Waals surface area (Å²) >= 11 is 0. The fourth-order valence-electron chi connectivity index (χ4n) is 2.96. The number of hydrogen-bond acceptors (Lipinski definition) is 4. The first-order valence-electron chi connectivity index (χ1n) is 7.57. The van der Waals surface area contributed by atoms with Crippen molar-refractivity contribution in [2.45, 2.75) is 24.2 Å². The molecule has 5 nitrogen and oxygen atoms in total. The number of aryl methyl sites for hydroxylation is 2. The van der Waals surface area contributed by atoms with Crippen molar-refractivity contribution in [2.24, 2.45) is 0 Å². The molecule has 6 heteroatoms. The molecule has 1 aliphatic heterocycles. The highest BCUT2D eigenvalue weighted by atomic mass is 32.2. The third kappa shape index (κ3) is 3.63. The zero-order chi connectivity index (χ0) is 14.7. The highest BCUT2D eigenvalue weighted by Crippen LogP contribution is 2.24. The van der Waals surface area contributed by atoms with Gasteiger partial charge in [0.25, 0.3) is 0 Å². The number of nitrogens with zero attached hydrogens (tertiary/aromatic N) is 1. The summed E-state index contributed by atoms with van der Waals surface area (Å²) in [4.78, 5) is 2.61. The van der Waals surface area contributed by atoms with Crippen LogP contribution in [-0.4, -0.2) is 52.7 Å². The van der Waals surface area contributed by atoms with E-state index in [9.17, 15) is 8.42 Å². The van der Waals surface area contributed by atoms with Gasteiger partial charge in [0.05, 0.1) is 18.1 Å². The van der Waals surface area contributed by atoms with Crippen LogP contribution >= 0.6 is 0 Å². The lowest BCUT2D eigenvalue weighted by molar-refractivity contribution is 0.0390. The molecule has 2 aliphatic rings. The van der Waals surface area contributed by atoms with E-state index in [1.54, 1.807) is 6.07 Å². The summed E-state index contributed by atoms with van der Waals surface area (Å²) in [6.07, 6.45) is 3.19. The Kier molecular flexibility index (Phi) is 4.59. The standard InChI is InChI=1S/C15H22N2O3S/c18-21(19,16-6-7-17-8-10-20-11-9-17)15-5-4-13-2-1-3-14(13)12-15/h4-5,12,16H,1-3,6-11H2. The number of rotatable bonds is 5. The van der Waals surface area contributed by atoms with Crippen molar-refractivity contribution < 1.29 is 13.2 Å². The van der Waals surface area contributed by atoms with Crippen LogP contribution in [0, 0.1) is 0 Å². The van der Waals surface area contributed by atoms with E-state index in [0.29, 0.717) is 11.4 Å². The highest BCUT2D eigenvalue weighted by molar-refractivity contribution is 7.89. The van der Waals surface area contributed by atoms with E-state index in [4.69, 9.17) is 4.74 Å². The molecule has 0 bridgehead atoms. The summed E-state index contributed by atoms with van der Waals surface area (Å²) in [6.45, 7) is 4.39. The number of nitrogens with one attached hydrogen (secondary N) is 1. The second kappa shape index (κ2) is 6.44. The Morgan fingerprint density at radius 2 is 1.90 bits per heavy atom. The fraction of sp³-hybridized carbons (Fsp3) is 0.600. The van der Waals surface area contributed by atoms with E-state index in [0.717, 1.165) is 52.1 Å². The van der Waals surface area contributed by atoms with Gasteiger partial charge in [0.1, 0.15) is 0 Å². The maximum absolute atomic E-state index is 12.3. The Bertz CT molecular complexity index is 595. The van der Waals surface area contributed by atoms with Crippen molar-refractivity contribution in [1.29, 1.82) is 0 Å². The lowest BCUT2D eigenvalue weighted by Gasteiger charge is -2.26. The van der Waals surface area contributed by atoms with Crippen molar-refractivity contribution in [3.05, 3.63) is 29.3 Å². The van der Waals surface area contributed by atoms with Gasteiger partial charge in [0.15, 0.2) is 0 Å². The molecule has 0 spiro atoms. The van der Waals surface area contributed by atoms with Crippen molar-refractivity contribution in [3.63, 3.8) is 0 Å². The van der Waals surface area contributed by atoms with E-state index in [2.05, 4.69) is 9.62 Å². The van der Waals surface area contributed by atoms with Crippen LogP contribution in [-0.2, 0) is 27.6 Å². The molecule has 0 saturated carbocycles.